The normalized spacial score (nSPS) is 29.8. The first-order chi connectivity index (χ1) is 12.8. The molecule has 0 aromatic heterocycles. The van der Waals surface area contributed by atoms with Gasteiger partial charge in [0, 0.05) is 39.0 Å². The summed E-state index contributed by atoms with van der Waals surface area (Å²) < 4.78 is 0. The third-order valence-corrected chi connectivity index (χ3v) is 7.29. The van der Waals surface area contributed by atoms with Crippen LogP contribution in [0.25, 0.3) is 0 Å². The van der Waals surface area contributed by atoms with Crippen molar-refractivity contribution >= 4 is 11.8 Å². The average Bonchev–Trinajstić information content (AvgIpc) is 2.65. The number of amides is 2. The van der Waals surface area contributed by atoms with Gasteiger partial charge in [-0.25, -0.2) is 0 Å². The molecule has 4 heteroatoms. The second kappa shape index (κ2) is 10.5. The van der Waals surface area contributed by atoms with Crippen LogP contribution < -0.4 is 0 Å². The second-order valence-corrected chi connectivity index (χ2v) is 9.52. The molecule has 0 aromatic rings. The highest BCUT2D eigenvalue weighted by Gasteiger charge is 2.30. The molecular formula is C23H42N2O2. The van der Waals surface area contributed by atoms with Crippen molar-refractivity contribution in [1.82, 2.24) is 9.80 Å². The predicted molar refractivity (Wildman–Crippen MR) is 111 cm³/mol. The fourth-order valence-corrected chi connectivity index (χ4v) is 5.20. The lowest BCUT2D eigenvalue weighted by Crippen LogP contribution is -2.43. The Balaban J connectivity index is 1.75. The minimum atomic E-state index is 0.252. The lowest BCUT2D eigenvalue weighted by molar-refractivity contribution is -0.136. The molecule has 0 spiro atoms. The number of nitrogens with zero attached hydrogens (tertiary/aromatic N) is 2. The van der Waals surface area contributed by atoms with Gasteiger partial charge in [-0.05, 0) is 49.9 Å². The summed E-state index contributed by atoms with van der Waals surface area (Å²) in [6, 6.07) is 0.807. The van der Waals surface area contributed by atoms with Crippen molar-refractivity contribution in [3.05, 3.63) is 0 Å². The van der Waals surface area contributed by atoms with Gasteiger partial charge < -0.3 is 9.80 Å². The van der Waals surface area contributed by atoms with Crippen molar-refractivity contribution in [2.75, 3.05) is 14.1 Å². The minimum Gasteiger partial charge on any atom is -0.343 e. The molecule has 0 bridgehead atoms. The van der Waals surface area contributed by atoms with Crippen molar-refractivity contribution < 1.29 is 9.59 Å². The Labute approximate surface area is 167 Å². The van der Waals surface area contributed by atoms with Crippen LogP contribution in [0.2, 0.25) is 0 Å². The molecule has 5 unspecified atom stereocenters. The van der Waals surface area contributed by atoms with Crippen LogP contribution in [-0.4, -0.2) is 47.8 Å². The third kappa shape index (κ3) is 6.22. The van der Waals surface area contributed by atoms with Crippen LogP contribution in [0.15, 0.2) is 0 Å². The number of rotatable bonds is 7. The highest BCUT2D eigenvalue weighted by Crippen LogP contribution is 2.29. The van der Waals surface area contributed by atoms with Gasteiger partial charge >= 0.3 is 0 Å². The maximum absolute atomic E-state index is 12.7. The molecule has 2 amide bonds. The summed E-state index contributed by atoms with van der Waals surface area (Å²) in [5.41, 5.74) is 0. The van der Waals surface area contributed by atoms with E-state index in [0.29, 0.717) is 36.8 Å². The Hall–Kier alpha value is -1.06. The van der Waals surface area contributed by atoms with E-state index < -0.39 is 0 Å². The number of carbonyl (C=O) groups is 2. The van der Waals surface area contributed by atoms with Gasteiger partial charge in [-0.15, -0.1) is 0 Å². The minimum absolute atomic E-state index is 0.252. The van der Waals surface area contributed by atoms with Gasteiger partial charge in [0.15, 0.2) is 0 Å². The molecule has 2 rings (SSSR count). The van der Waals surface area contributed by atoms with Crippen molar-refractivity contribution in [3.8, 4) is 0 Å². The molecular weight excluding hydrogens is 336 g/mol. The molecule has 5 atom stereocenters. The van der Waals surface area contributed by atoms with Crippen LogP contribution in [0.1, 0.15) is 91.4 Å². The van der Waals surface area contributed by atoms with Crippen LogP contribution in [0, 0.1) is 17.8 Å². The Morgan fingerprint density at radius 1 is 0.815 bits per heavy atom. The molecule has 0 saturated heterocycles. The molecule has 2 aliphatic rings. The monoisotopic (exact) mass is 378 g/mol. The number of hydrogen-bond acceptors (Lipinski definition) is 2. The van der Waals surface area contributed by atoms with Crippen LogP contribution >= 0.6 is 0 Å². The van der Waals surface area contributed by atoms with Crippen molar-refractivity contribution in [2.24, 2.45) is 17.8 Å². The molecule has 2 aliphatic carbocycles. The van der Waals surface area contributed by atoms with Gasteiger partial charge in [0.25, 0.3) is 0 Å². The van der Waals surface area contributed by atoms with E-state index in [1.165, 1.54) is 38.5 Å². The summed E-state index contributed by atoms with van der Waals surface area (Å²) in [7, 11) is 3.95. The Bertz CT molecular complexity index is 493. The molecule has 0 aromatic carbocycles. The largest absolute Gasteiger partial charge is 0.343 e. The first-order valence-electron chi connectivity index (χ1n) is 11.3. The molecule has 0 heterocycles. The Kier molecular flexibility index (Phi) is 8.62. The molecule has 2 fully saturated rings. The van der Waals surface area contributed by atoms with E-state index in [-0.39, 0.29) is 17.7 Å². The Morgan fingerprint density at radius 3 is 1.74 bits per heavy atom. The molecule has 0 radical (unpaired) electrons. The molecule has 156 valence electrons. The predicted octanol–water partition coefficient (Wildman–Crippen LogP) is 4.87. The van der Waals surface area contributed by atoms with Crippen LogP contribution in [-0.2, 0) is 9.59 Å². The fraction of sp³-hybridized carbons (Fsp3) is 0.913. The lowest BCUT2D eigenvalue weighted by Gasteiger charge is -2.37. The van der Waals surface area contributed by atoms with Crippen molar-refractivity contribution in [2.45, 2.75) is 103 Å². The van der Waals surface area contributed by atoms with E-state index in [1.54, 1.807) is 0 Å². The maximum atomic E-state index is 12.7. The number of carbonyl (C=O) groups excluding carboxylic acids is 2. The van der Waals surface area contributed by atoms with E-state index in [9.17, 15) is 9.59 Å². The zero-order valence-corrected chi connectivity index (χ0v) is 18.4. The van der Waals surface area contributed by atoms with E-state index in [0.717, 1.165) is 19.3 Å². The van der Waals surface area contributed by atoms with Crippen LogP contribution in [0.3, 0.4) is 0 Å². The molecule has 4 nitrogen and oxygen atoms in total. The third-order valence-electron chi connectivity index (χ3n) is 7.29. The fourth-order valence-electron chi connectivity index (χ4n) is 5.20. The van der Waals surface area contributed by atoms with E-state index in [1.807, 2.05) is 23.9 Å². The van der Waals surface area contributed by atoms with E-state index in [4.69, 9.17) is 0 Å². The quantitative estimate of drug-likeness (QED) is 0.634. The van der Waals surface area contributed by atoms with Crippen LogP contribution in [0.5, 0.6) is 0 Å². The standard InChI is InChI=1S/C23H42N2O2/c1-17(16-23(27)25(5)21-13-9-7-11-19(21)3)14-15-22(26)24(4)20-12-8-6-10-18(20)2/h17-21H,6-16H2,1-5H3. The Morgan fingerprint density at radius 2 is 1.26 bits per heavy atom. The highest BCUT2D eigenvalue weighted by atomic mass is 16.2. The van der Waals surface area contributed by atoms with E-state index >= 15 is 0 Å². The summed E-state index contributed by atoms with van der Waals surface area (Å²) in [5.74, 6) is 1.98. The van der Waals surface area contributed by atoms with Gasteiger partial charge in [-0.1, -0.05) is 46.5 Å². The van der Waals surface area contributed by atoms with Crippen molar-refractivity contribution in [3.63, 3.8) is 0 Å². The summed E-state index contributed by atoms with van der Waals surface area (Å²) in [5, 5.41) is 0. The molecule has 27 heavy (non-hydrogen) atoms. The summed E-state index contributed by atoms with van der Waals surface area (Å²) in [6.45, 7) is 6.67. The number of hydrogen-bond donors (Lipinski definition) is 0. The van der Waals surface area contributed by atoms with Crippen molar-refractivity contribution in [1.29, 1.82) is 0 Å². The van der Waals surface area contributed by atoms with Gasteiger partial charge in [-0.3, -0.25) is 9.59 Å². The van der Waals surface area contributed by atoms with Gasteiger partial charge in [0.05, 0.1) is 0 Å². The van der Waals surface area contributed by atoms with Gasteiger partial charge in [0.1, 0.15) is 0 Å². The van der Waals surface area contributed by atoms with Crippen LogP contribution in [0.4, 0.5) is 0 Å². The molecule has 0 aliphatic heterocycles. The lowest BCUT2D eigenvalue weighted by atomic mass is 9.84. The summed E-state index contributed by atoms with van der Waals surface area (Å²) in [6.07, 6.45) is 11.8. The maximum Gasteiger partial charge on any atom is 0.222 e. The SMILES string of the molecule is CC(CCC(=O)N(C)C1CCCCC1C)CC(=O)N(C)C1CCCCC1C. The molecule has 0 N–H and O–H groups in total. The summed E-state index contributed by atoms with van der Waals surface area (Å²) in [4.78, 5) is 29.3. The molecule has 2 saturated carbocycles. The van der Waals surface area contributed by atoms with Gasteiger partial charge in [0.2, 0.25) is 11.8 Å². The first-order valence-corrected chi connectivity index (χ1v) is 11.3. The first kappa shape index (κ1) is 22.2. The highest BCUT2D eigenvalue weighted by molar-refractivity contribution is 5.77. The zero-order valence-electron chi connectivity index (χ0n) is 18.4. The second-order valence-electron chi connectivity index (χ2n) is 9.52. The summed E-state index contributed by atoms with van der Waals surface area (Å²) >= 11 is 0. The van der Waals surface area contributed by atoms with Gasteiger partial charge in [-0.2, -0.15) is 0 Å². The average molecular weight is 379 g/mol. The van der Waals surface area contributed by atoms with E-state index in [2.05, 4.69) is 20.8 Å². The smallest absolute Gasteiger partial charge is 0.222 e. The topological polar surface area (TPSA) is 40.6 Å². The zero-order chi connectivity index (χ0) is 20.0.